The standard InChI is InChI=1S/C16H25N5O/c1-11-18-15(13-10-17-21(2)16(13)19-11)20-14(8-9-22)12-6-4-3-5-7-12/h10,12,14,22H,3-9H2,1-2H3,(H,18,19,20)/t14-/m1/s1. The van der Waals surface area contributed by atoms with Gasteiger partial charge >= 0.3 is 0 Å². The summed E-state index contributed by atoms with van der Waals surface area (Å²) >= 11 is 0. The van der Waals surface area contributed by atoms with Crippen LogP contribution < -0.4 is 5.32 Å². The Kier molecular flexibility index (Phi) is 4.57. The van der Waals surface area contributed by atoms with Crippen LogP contribution in [0.5, 0.6) is 0 Å². The third-order valence-corrected chi connectivity index (χ3v) is 4.68. The molecule has 2 aromatic heterocycles. The van der Waals surface area contributed by atoms with Gasteiger partial charge in [-0.1, -0.05) is 19.3 Å². The number of rotatable bonds is 5. The minimum atomic E-state index is 0.203. The first-order valence-corrected chi connectivity index (χ1v) is 8.23. The number of aliphatic hydroxyl groups excluding tert-OH is 1. The topological polar surface area (TPSA) is 75.9 Å². The smallest absolute Gasteiger partial charge is 0.163 e. The van der Waals surface area contributed by atoms with E-state index in [1.807, 2.05) is 20.2 Å². The second kappa shape index (κ2) is 6.60. The summed E-state index contributed by atoms with van der Waals surface area (Å²) in [6.07, 6.45) is 8.96. The van der Waals surface area contributed by atoms with E-state index in [0.29, 0.717) is 5.92 Å². The normalized spacial score (nSPS) is 17.8. The number of fused-ring (bicyclic) bond motifs is 1. The van der Waals surface area contributed by atoms with Crippen LogP contribution >= 0.6 is 0 Å². The van der Waals surface area contributed by atoms with Crippen molar-refractivity contribution in [2.75, 3.05) is 11.9 Å². The highest BCUT2D eigenvalue weighted by molar-refractivity contribution is 5.86. The van der Waals surface area contributed by atoms with Gasteiger partial charge in [-0.15, -0.1) is 0 Å². The highest BCUT2D eigenvalue weighted by atomic mass is 16.3. The Balaban J connectivity index is 1.88. The average Bonchev–Trinajstić information content (AvgIpc) is 2.89. The van der Waals surface area contributed by atoms with E-state index in [0.717, 1.165) is 29.1 Å². The minimum Gasteiger partial charge on any atom is -0.396 e. The Labute approximate surface area is 131 Å². The van der Waals surface area contributed by atoms with Crippen molar-refractivity contribution in [2.45, 2.75) is 51.5 Å². The highest BCUT2D eigenvalue weighted by Crippen LogP contribution is 2.30. The zero-order valence-electron chi connectivity index (χ0n) is 13.4. The van der Waals surface area contributed by atoms with Gasteiger partial charge in [-0.2, -0.15) is 5.10 Å². The van der Waals surface area contributed by atoms with Crippen LogP contribution in [0.4, 0.5) is 5.82 Å². The van der Waals surface area contributed by atoms with Crippen LogP contribution in [0.2, 0.25) is 0 Å². The van der Waals surface area contributed by atoms with Crippen molar-refractivity contribution >= 4 is 16.9 Å². The van der Waals surface area contributed by atoms with Gasteiger partial charge in [0.25, 0.3) is 0 Å². The Morgan fingerprint density at radius 1 is 1.32 bits per heavy atom. The van der Waals surface area contributed by atoms with E-state index in [9.17, 15) is 5.11 Å². The summed E-state index contributed by atoms with van der Waals surface area (Å²) in [7, 11) is 1.89. The third-order valence-electron chi connectivity index (χ3n) is 4.68. The predicted octanol–water partition coefficient (Wildman–Crippen LogP) is 2.41. The molecule has 2 heterocycles. The predicted molar refractivity (Wildman–Crippen MR) is 86.7 cm³/mol. The molecule has 2 N–H and O–H groups in total. The van der Waals surface area contributed by atoms with Crippen molar-refractivity contribution in [3.63, 3.8) is 0 Å². The molecule has 1 fully saturated rings. The number of nitrogens with zero attached hydrogens (tertiary/aromatic N) is 4. The van der Waals surface area contributed by atoms with E-state index in [1.165, 1.54) is 32.1 Å². The molecule has 0 saturated heterocycles. The van der Waals surface area contributed by atoms with Crippen LogP contribution in [-0.2, 0) is 7.05 Å². The van der Waals surface area contributed by atoms with E-state index in [-0.39, 0.29) is 12.6 Å². The SMILES string of the molecule is Cc1nc(N[C@H](CCO)C2CCCCC2)c2cnn(C)c2n1. The van der Waals surface area contributed by atoms with Crippen molar-refractivity contribution in [1.29, 1.82) is 0 Å². The lowest BCUT2D eigenvalue weighted by molar-refractivity contribution is 0.239. The Bertz CT molecular complexity index is 633. The second-order valence-electron chi connectivity index (χ2n) is 6.29. The van der Waals surface area contributed by atoms with E-state index in [4.69, 9.17) is 0 Å². The van der Waals surface area contributed by atoms with Crippen molar-refractivity contribution < 1.29 is 5.11 Å². The quantitative estimate of drug-likeness (QED) is 0.887. The lowest BCUT2D eigenvalue weighted by Gasteiger charge is -2.31. The summed E-state index contributed by atoms with van der Waals surface area (Å²) in [4.78, 5) is 9.04. The second-order valence-corrected chi connectivity index (χ2v) is 6.29. The summed E-state index contributed by atoms with van der Waals surface area (Å²) in [5.41, 5.74) is 0.849. The molecular formula is C16H25N5O. The molecule has 0 amide bonds. The largest absolute Gasteiger partial charge is 0.396 e. The maximum atomic E-state index is 9.43. The lowest BCUT2D eigenvalue weighted by atomic mass is 9.82. The fourth-order valence-electron chi connectivity index (χ4n) is 3.52. The number of nitrogens with one attached hydrogen (secondary N) is 1. The van der Waals surface area contributed by atoms with Crippen LogP contribution in [0.15, 0.2) is 6.20 Å². The molecule has 0 bridgehead atoms. The first-order chi connectivity index (χ1) is 10.7. The zero-order valence-corrected chi connectivity index (χ0v) is 13.4. The molecular weight excluding hydrogens is 278 g/mol. The maximum absolute atomic E-state index is 9.43. The van der Waals surface area contributed by atoms with Gasteiger partial charge in [0.1, 0.15) is 11.6 Å². The average molecular weight is 303 g/mol. The molecule has 0 spiro atoms. The monoisotopic (exact) mass is 303 g/mol. The van der Waals surface area contributed by atoms with Crippen LogP contribution in [0, 0.1) is 12.8 Å². The van der Waals surface area contributed by atoms with Crippen molar-refractivity contribution in [2.24, 2.45) is 13.0 Å². The summed E-state index contributed by atoms with van der Waals surface area (Å²) < 4.78 is 1.77. The maximum Gasteiger partial charge on any atom is 0.163 e. The molecule has 2 aromatic rings. The van der Waals surface area contributed by atoms with Gasteiger partial charge in [-0.3, -0.25) is 4.68 Å². The summed E-state index contributed by atoms with van der Waals surface area (Å²) in [6, 6.07) is 0.267. The number of aryl methyl sites for hydroxylation is 2. The number of hydrogen-bond acceptors (Lipinski definition) is 5. The van der Waals surface area contributed by atoms with Crippen LogP contribution in [0.1, 0.15) is 44.3 Å². The molecule has 6 nitrogen and oxygen atoms in total. The van der Waals surface area contributed by atoms with Crippen LogP contribution in [0.25, 0.3) is 11.0 Å². The molecule has 1 atom stereocenters. The molecule has 22 heavy (non-hydrogen) atoms. The molecule has 0 unspecified atom stereocenters. The first kappa shape index (κ1) is 15.2. The van der Waals surface area contributed by atoms with E-state index < -0.39 is 0 Å². The Morgan fingerprint density at radius 3 is 2.82 bits per heavy atom. The molecule has 0 radical (unpaired) electrons. The van der Waals surface area contributed by atoms with Gasteiger partial charge in [-0.25, -0.2) is 9.97 Å². The van der Waals surface area contributed by atoms with E-state index in [1.54, 1.807) is 4.68 Å². The fraction of sp³-hybridized carbons (Fsp3) is 0.688. The number of aliphatic hydroxyl groups is 1. The highest BCUT2D eigenvalue weighted by Gasteiger charge is 2.24. The van der Waals surface area contributed by atoms with Gasteiger partial charge in [0.05, 0.1) is 11.6 Å². The van der Waals surface area contributed by atoms with Gasteiger partial charge in [0.2, 0.25) is 0 Å². The Hall–Kier alpha value is -1.69. The lowest BCUT2D eigenvalue weighted by Crippen LogP contribution is -2.32. The molecule has 1 saturated carbocycles. The van der Waals surface area contributed by atoms with Crippen LogP contribution in [0.3, 0.4) is 0 Å². The van der Waals surface area contributed by atoms with Gasteiger partial charge in [-0.05, 0) is 32.1 Å². The van der Waals surface area contributed by atoms with Gasteiger partial charge < -0.3 is 10.4 Å². The third kappa shape index (κ3) is 3.06. The summed E-state index contributed by atoms with van der Waals surface area (Å²) in [5, 5.41) is 18.2. The minimum absolute atomic E-state index is 0.203. The van der Waals surface area contributed by atoms with E-state index >= 15 is 0 Å². The summed E-state index contributed by atoms with van der Waals surface area (Å²) in [5.74, 6) is 2.20. The molecule has 1 aliphatic rings. The molecule has 1 aliphatic carbocycles. The van der Waals surface area contributed by atoms with Gasteiger partial charge in [0, 0.05) is 19.7 Å². The van der Waals surface area contributed by atoms with E-state index in [2.05, 4.69) is 20.4 Å². The first-order valence-electron chi connectivity index (χ1n) is 8.23. The van der Waals surface area contributed by atoms with Crippen molar-refractivity contribution in [1.82, 2.24) is 19.7 Å². The summed E-state index contributed by atoms with van der Waals surface area (Å²) in [6.45, 7) is 2.10. The number of anilines is 1. The van der Waals surface area contributed by atoms with Gasteiger partial charge in [0.15, 0.2) is 5.65 Å². The fourth-order valence-corrected chi connectivity index (χ4v) is 3.52. The van der Waals surface area contributed by atoms with Crippen LogP contribution in [-0.4, -0.2) is 37.5 Å². The molecule has 120 valence electrons. The number of hydrogen-bond donors (Lipinski definition) is 2. The Morgan fingerprint density at radius 2 is 2.09 bits per heavy atom. The van der Waals surface area contributed by atoms with Crippen molar-refractivity contribution in [3.05, 3.63) is 12.0 Å². The van der Waals surface area contributed by atoms with Crippen molar-refractivity contribution in [3.8, 4) is 0 Å². The zero-order chi connectivity index (χ0) is 15.5. The molecule has 3 rings (SSSR count). The molecule has 0 aliphatic heterocycles. The molecule has 6 heteroatoms. The number of aromatic nitrogens is 4. The molecule has 0 aromatic carbocycles.